The van der Waals surface area contributed by atoms with Crippen molar-refractivity contribution >= 4 is 12.1 Å². The monoisotopic (exact) mass is 277 g/mol. The van der Waals surface area contributed by atoms with Gasteiger partial charge in [-0.1, -0.05) is 37.3 Å². The molecule has 0 bridgehead atoms. The minimum Gasteiger partial charge on any atom is -0.480 e. The zero-order chi connectivity index (χ0) is 14.5. The first-order valence-electron chi connectivity index (χ1n) is 6.78. The zero-order valence-corrected chi connectivity index (χ0v) is 11.5. The highest BCUT2D eigenvalue weighted by Gasteiger charge is 2.35. The number of carboxylic acid groups (broad SMARTS) is 1. The molecule has 1 saturated heterocycles. The summed E-state index contributed by atoms with van der Waals surface area (Å²) in [5, 5.41) is 9.18. The molecule has 0 spiro atoms. The summed E-state index contributed by atoms with van der Waals surface area (Å²) in [5.41, 5.74) is 0.887. The number of carbonyl (C=O) groups excluding carboxylic acids is 1. The SMILES string of the molecule is C[C@H]1CC[C@H](C(=O)O)N(C(=O)OCc2ccccc2)C1. The number of carboxylic acids is 1. The van der Waals surface area contributed by atoms with E-state index in [0.29, 0.717) is 18.9 Å². The van der Waals surface area contributed by atoms with Crippen molar-refractivity contribution in [2.75, 3.05) is 6.54 Å². The van der Waals surface area contributed by atoms with E-state index in [1.54, 1.807) is 0 Å². The van der Waals surface area contributed by atoms with Gasteiger partial charge in [0, 0.05) is 6.54 Å². The van der Waals surface area contributed by atoms with Gasteiger partial charge in [0.25, 0.3) is 0 Å². The molecular formula is C15H19NO4. The Balaban J connectivity index is 1.97. The lowest BCUT2D eigenvalue weighted by Gasteiger charge is -2.35. The molecule has 5 heteroatoms. The molecule has 0 aromatic heterocycles. The molecule has 108 valence electrons. The van der Waals surface area contributed by atoms with E-state index in [9.17, 15) is 14.7 Å². The third kappa shape index (κ3) is 3.50. The second-order valence-electron chi connectivity index (χ2n) is 5.23. The molecule has 2 atom stereocenters. The van der Waals surface area contributed by atoms with Crippen LogP contribution < -0.4 is 0 Å². The quantitative estimate of drug-likeness (QED) is 0.921. The third-order valence-corrected chi connectivity index (χ3v) is 3.54. The van der Waals surface area contributed by atoms with Crippen molar-refractivity contribution in [3.8, 4) is 0 Å². The normalized spacial score (nSPS) is 22.4. The number of hydrogen-bond donors (Lipinski definition) is 1. The van der Waals surface area contributed by atoms with Gasteiger partial charge in [0.2, 0.25) is 0 Å². The van der Waals surface area contributed by atoms with Gasteiger partial charge in [0.05, 0.1) is 0 Å². The molecule has 20 heavy (non-hydrogen) atoms. The van der Waals surface area contributed by atoms with Crippen LogP contribution in [0.3, 0.4) is 0 Å². The number of benzene rings is 1. The van der Waals surface area contributed by atoms with Crippen molar-refractivity contribution in [1.82, 2.24) is 4.90 Å². The highest BCUT2D eigenvalue weighted by Crippen LogP contribution is 2.23. The smallest absolute Gasteiger partial charge is 0.410 e. The Labute approximate surface area is 118 Å². The number of ether oxygens (including phenoxy) is 1. The number of piperidine rings is 1. The number of hydrogen-bond acceptors (Lipinski definition) is 3. The molecule has 1 aliphatic heterocycles. The summed E-state index contributed by atoms with van der Waals surface area (Å²) in [6.45, 7) is 2.61. The second-order valence-corrected chi connectivity index (χ2v) is 5.23. The van der Waals surface area contributed by atoms with Crippen molar-refractivity contribution in [3.63, 3.8) is 0 Å². The number of amides is 1. The van der Waals surface area contributed by atoms with Crippen molar-refractivity contribution in [2.45, 2.75) is 32.4 Å². The molecule has 1 amide bonds. The van der Waals surface area contributed by atoms with E-state index in [0.717, 1.165) is 12.0 Å². The molecule has 1 aromatic carbocycles. The molecule has 1 fully saturated rings. The van der Waals surface area contributed by atoms with Crippen molar-refractivity contribution < 1.29 is 19.4 Å². The fourth-order valence-electron chi connectivity index (χ4n) is 2.41. The standard InChI is InChI=1S/C15H19NO4/c1-11-7-8-13(14(17)18)16(9-11)15(19)20-10-12-5-3-2-4-6-12/h2-6,11,13H,7-10H2,1H3,(H,17,18)/t11-,13+/m0/s1. The van der Waals surface area contributed by atoms with Gasteiger partial charge in [0.15, 0.2) is 0 Å². The highest BCUT2D eigenvalue weighted by atomic mass is 16.6. The van der Waals surface area contributed by atoms with Gasteiger partial charge in [-0.15, -0.1) is 0 Å². The van der Waals surface area contributed by atoms with E-state index in [2.05, 4.69) is 0 Å². The van der Waals surface area contributed by atoms with Crippen LogP contribution in [-0.2, 0) is 16.1 Å². The Morgan fingerprint density at radius 2 is 2.00 bits per heavy atom. The average molecular weight is 277 g/mol. The van der Waals surface area contributed by atoms with E-state index < -0.39 is 18.1 Å². The van der Waals surface area contributed by atoms with Crippen LogP contribution in [0, 0.1) is 5.92 Å². The summed E-state index contributed by atoms with van der Waals surface area (Å²) in [7, 11) is 0. The van der Waals surface area contributed by atoms with Gasteiger partial charge >= 0.3 is 12.1 Å². The summed E-state index contributed by atoms with van der Waals surface area (Å²) < 4.78 is 5.22. The first-order valence-corrected chi connectivity index (χ1v) is 6.78. The molecule has 1 aromatic rings. The van der Waals surface area contributed by atoms with Crippen molar-refractivity contribution in [2.24, 2.45) is 5.92 Å². The maximum Gasteiger partial charge on any atom is 0.410 e. The Hall–Kier alpha value is -2.04. The molecule has 0 unspecified atom stereocenters. The Morgan fingerprint density at radius 1 is 1.30 bits per heavy atom. The predicted molar refractivity (Wildman–Crippen MR) is 73.2 cm³/mol. The number of nitrogens with zero attached hydrogens (tertiary/aromatic N) is 1. The summed E-state index contributed by atoms with van der Waals surface area (Å²) in [6.07, 6.45) is 0.754. The van der Waals surface area contributed by atoms with E-state index in [1.807, 2.05) is 37.3 Å². The lowest BCUT2D eigenvalue weighted by atomic mass is 9.95. The van der Waals surface area contributed by atoms with Gasteiger partial charge in [-0.2, -0.15) is 0 Å². The molecule has 0 saturated carbocycles. The maximum absolute atomic E-state index is 12.1. The van der Waals surface area contributed by atoms with E-state index in [1.165, 1.54) is 4.90 Å². The third-order valence-electron chi connectivity index (χ3n) is 3.54. The first kappa shape index (κ1) is 14.4. The van der Waals surface area contributed by atoms with Crippen LogP contribution in [0.1, 0.15) is 25.3 Å². The van der Waals surface area contributed by atoms with Gasteiger partial charge < -0.3 is 9.84 Å². The van der Waals surface area contributed by atoms with Gasteiger partial charge in [0.1, 0.15) is 12.6 Å². The summed E-state index contributed by atoms with van der Waals surface area (Å²) in [5.74, 6) is -0.663. The van der Waals surface area contributed by atoms with Crippen LogP contribution >= 0.6 is 0 Å². The summed E-state index contributed by atoms with van der Waals surface area (Å²) in [6, 6.07) is 8.58. The van der Waals surface area contributed by atoms with Gasteiger partial charge in [-0.3, -0.25) is 4.90 Å². The fourth-order valence-corrected chi connectivity index (χ4v) is 2.41. The second kappa shape index (κ2) is 6.41. The molecule has 1 heterocycles. The Kier molecular flexibility index (Phi) is 4.61. The lowest BCUT2D eigenvalue weighted by Crippen LogP contribution is -2.50. The zero-order valence-electron chi connectivity index (χ0n) is 11.5. The predicted octanol–water partition coefficient (Wildman–Crippen LogP) is 2.51. The molecule has 0 radical (unpaired) electrons. The fraction of sp³-hybridized carbons (Fsp3) is 0.467. The molecule has 5 nitrogen and oxygen atoms in total. The topological polar surface area (TPSA) is 66.8 Å². The minimum absolute atomic E-state index is 0.164. The largest absolute Gasteiger partial charge is 0.480 e. The molecule has 1 N–H and O–H groups in total. The lowest BCUT2D eigenvalue weighted by molar-refractivity contribution is -0.144. The van der Waals surface area contributed by atoms with Crippen LogP contribution in [0.25, 0.3) is 0 Å². The van der Waals surface area contributed by atoms with E-state index in [-0.39, 0.29) is 6.61 Å². The van der Waals surface area contributed by atoms with Crippen LogP contribution in [0.4, 0.5) is 4.79 Å². The van der Waals surface area contributed by atoms with Crippen molar-refractivity contribution in [1.29, 1.82) is 0 Å². The number of aliphatic carboxylic acids is 1. The maximum atomic E-state index is 12.1. The van der Waals surface area contributed by atoms with Gasteiger partial charge in [-0.05, 0) is 24.3 Å². The number of rotatable bonds is 3. The Morgan fingerprint density at radius 3 is 2.65 bits per heavy atom. The number of likely N-dealkylation sites (tertiary alicyclic amines) is 1. The Bertz CT molecular complexity index is 474. The summed E-state index contributed by atoms with van der Waals surface area (Å²) >= 11 is 0. The van der Waals surface area contributed by atoms with Crippen LogP contribution in [0.5, 0.6) is 0 Å². The molecule has 2 rings (SSSR count). The first-order chi connectivity index (χ1) is 9.58. The van der Waals surface area contributed by atoms with Crippen LogP contribution in [0.15, 0.2) is 30.3 Å². The molecule has 1 aliphatic rings. The van der Waals surface area contributed by atoms with E-state index in [4.69, 9.17) is 4.74 Å². The highest BCUT2D eigenvalue weighted by molar-refractivity contribution is 5.80. The molecule has 0 aliphatic carbocycles. The van der Waals surface area contributed by atoms with Gasteiger partial charge in [-0.25, -0.2) is 9.59 Å². The molecular weight excluding hydrogens is 258 g/mol. The summed E-state index contributed by atoms with van der Waals surface area (Å²) in [4.78, 5) is 24.6. The van der Waals surface area contributed by atoms with Crippen LogP contribution in [-0.4, -0.2) is 34.7 Å². The van der Waals surface area contributed by atoms with Crippen LogP contribution in [0.2, 0.25) is 0 Å². The van der Waals surface area contributed by atoms with E-state index >= 15 is 0 Å². The number of carbonyl (C=O) groups is 2. The minimum atomic E-state index is -0.964. The average Bonchev–Trinajstić information content (AvgIpc) is 2.45. The van der Waals surface area contributed by atoms with Crippen molar-refractivity contribution in [3.05, 3.63) is 35.9 Å².